The molecule has 5 heteroatoms. The standard InChI is InChI=1S/C10H17NO3S/c1-3-14-10(12)9(2)8-11-4-6-15(13)7-5-11/h2-8H2,1H3. The zero-order chi connectivity index (χ0) is 11.3. The molecule has 4 nitrogen and oxygen atoms in total. The fourth-order valence-corrected chi connectivity index (χ4v) is 2.53. The molecule has 86 valence electrons. The Balaban J connectivity index is 2.32. The maximum atomic E-state index is 11.3. The van der Waals surface area contributed by atoms with Gasteiger partial charge in [-0.3, -0.25) is 9.11 Å². The van der Waals surface area contributed by atoms with Crippen molar-refractivity contribution in [3.8, 4) is 0 Å². The molecule has 1 fully saturated rings. The predicted molar refractivity (Wildman–Crippen MR) is 60.1 cm³/mol. The smallest absolute Gasteiger partial charge is 0.334 e. The monoisotopic (exact) mass is 231 g/mol. The Bertz CT molecular complexity index is 268. The topological polar surface area (TPSA) is 46.6 Å². The highest BCUT2D eigenvalue weighted by Gasteiger charge is 2.18. The molecule has 0 spiro atoms. The molecule has 0 unspecified atom stereocenters. The third-order valence-electron chi connectivity index (χ3n) is 2.25. The molecule has 0 saturated carbocycles. The average molecular weight is 231 g/mol. The Hall–Kier alpha value is -0.680. The van der Waals surface area contributed by atoms with Gasteiger partial charge in [-0.25, -0.2) is 4.79 Å². The van der Waals surface area contributed by atoms with Gasteiger partial charge in [0.25, 0.3) is 0 Å². The zero-order valence-electron chi connectivity index (χ0n) is 9.03. The minimum atomic E-state index is -0.677. The van der Waals surface area contributed by atoms with E-state index in [4.69, 9.17) is 4.74 Å². The van der Waals surface area contributed by atoms with Gasteiger partial charge in [0.15, 0.2) is 0 Å². The van der Waals surface area contributed by atoms with E-state index in [0.29, 0.717) is 30.2 Å². The van der Waals surface area contributed by atoms with E-state index in [9.17, 15) is 9.00 Å². The highest BCUT2D eigenvalue weighted by atomic mass is 32.2. The van der Waals surface area contributed by atoms with Crippen molar-refractivity contribution in [3.63, 3.8) is 0 Å². The summed E-state index contributed by atoms with van der Waals surface area (Å²) in [4.78, 5) is 13.4. The van der Waals surface area contributed by atoms with Crippen molar-refractivity contribution >= 4 is 16.8 Å². The van der Waals surface area contributed by atoms with E-state index in [1.165, 1.54) is 0 Å². The third-order valence-corrected chi connectivity index (χ3v) is 3.52. The van der Waals surface area contributed by atoms with E-state index in [-0.39, 0.29) is 5.97 Å². The molecule has 1 aliphatic rings. The molecule has 0 bridgehead atoms. The van der Waals surface area contributed by atoms with Gasteiger partial charge in [0.1, 0.15) is 0 Å². The van der Waals surface area contributed by atoms with Gasteiger partial charge < -0.3 is 4.74 Å². The molecule has 0 aliphatic carbocycles. The summed E-state index contributed by atoms with van der Waals surface area (Å²) in [6.07, 6.45) is 0. The van der Waals surface area contributed by atoms with Crippen LogP contribution >= 0.6 is 0 Å². The normalized spacial score (nSPS) is 18.7. The lowest BCUT2D eigenvalue weighted by Gasteiger charge is -2.26. The number of hydrogen-bond donors (Lipinski definition) is 0. The Labute approximate surface area is 92.7 Å². The van der Waals surface area contributed by atoms with Crippen molar-refractivity contribution in [3.05, 3.63) is 12.2 Å². The minimum Gasteiger partial charge on any atom is -0.463 e. The molecular formula is C10H17NO3S. The lowest BCUT2D eigenvalue weighted by atomic mass is 10.3. The first-order valence-corrected chi connectivity index (χ1v) is 6.54. The summed E-state index contributed by atoms with van der Waals surface area (Å²) >= 11 is 0. The predicted octanol–water partition coefficient (Wildman–Crippen LogP) is 0.170. The van der Waals surface area contributed by atoms with E-state index in [1.807, 2.05) is 0 Å². The van der Waals surface area contributed by atoms with Crippen molar-refractivity contribution in [1.82, 2.24) is 4.90 Å². The molecule has 0 aromatic rings. The van der Waals surface area contributed by atoms with Crippen LogP contribution in [0.3, 0.4) is 0 Å². The van der Waals surface area contributed by atoms with Crippen LogP contribution in [0.15, 0.2) is 12.2 Å². The van der Waals surface area contributed by atoms with Gasteiger partial charge in [0, 0.05) is 47.5 Å². The van der Waals surface area contributed by atoms with Crippen LogP contribution in [0.2, 0.25) is 0 Å². The van der Waals surface area contributed by atoms with Crippen LogP contribution in [0.4, 0.5) is 0 Å². The lowest BCUT2D eigenvalue weighted by molar-refractivity contribution is -0.138. The molecule has 15 heavy (non-hydrogen) atoms. The van der Waals surface area contributed by atoms with E-state index < -0.39 is 10.8 Å². The molecule has 1 heterocycles. The summed E-state index contributed by atoms with van der Waals surface area (Å²) in [7, 11) is -0.677. The number of nitrogens with zero attached hydrogens (tertiary/aromatic N) is 1. The Kier molecular flexibility index (Phi) is 4.98. The molecular weight excluding hydrogens is 214 g/mol. The summed E-state index contributed by atoms with van der Waals surface area (Å²) in [5.74, 6) is 1.05. The fraction of sp³-hybridized carbons (Fsp3) is 0.700. The summed E-state index contributed by atoms with van der Waals surface area (Å²) in [6.45, 7) is 7.91. The fourth-order valence-electron chi connectivity index (χ4n) is 1.40. The van der Waals surface area contributed by atoms with Gasteiger partial charge in [-0.1, -0.05) is 6.58 Å². The van der Waals surface area contributed by atoms with Crippen LogP contribution < -0.4 is 0 Å². The maximum Gasteiger partial charge on any atom is 0.334 e. The molecule has 1 saturated heterocycles. The molecule has 1 rings (SSSR count). The van der Waals surface area contributed by atoms with E-state index >= 15 is 0 Å². The first-order valence-electron chi connectivity index (χ1n) is 5.05. The highest BCUT2D eigenvalue weighted by molar-refractivity contribution is 7.85. The Morgan fingerprint density at radius 1 is 1.47 bits per heavy atom. The number of carbonyl (C=O) groups is 1. The lowest BCUT2D eigenvalue weighted by Crippen LogP contribution is -2.39. The number of esters is 1. The van der Waals surface area contributed by atoms with Crippen LogP contribution in [0, 0.1) is 0 Å². The number of carbonyl (C=O) groups excluding carboxylic acids is 1. The molecule has 0 aromatic carbocycles. The molecule has 1 aliphatic heterocycles. The SMILES string of the molecule is C=C(CN1CCS(=O)CC1)C(=O)OCC. The van der Waals surface area contributed by atoms with Crippen LogP contribution in [0.5, 0.6) is 0 Å². The number of ether oxygens (including phenoxy) is 1. The van der Waals surface area contributed by atoms with Gasteiger partial charge in [-0.2, -0.15) is 0 Å². The maximum absolute atomic E-state index is 11.3. The molecule has 0 aromatic heterocycles. The largest absolute Gasteiger partial charge is 0.463 e. The van der Waals surface area contributed by atoms with Crippen LogP contribution in [-0.2, 0) is 20.3 Å². The summed E-state index contributed by atoms with van der Waals surface area (Å²) in [6, 6.07) is 0. The van der Waals surface area contributed by atoms with Gasteiger partial charge in [0.05, 0.1) is 6.61 Å². The van der Waals surface area contributed by atoms with E-state index in [0.717, 1.165) is 13.1 Å². The summed E-state index contributed by atoms with van der Waals surface area (Å²) < 4.78 is 15.9. The van der Waals surface area contributed by atoms with E-state index in [2.05, 4.69) is 11.5 Å². The van der Waals surface area contributed by atoms with Gasteiger partial charge in [0.2, 0.25) is 0 Å². The molecule has 0 radical (unpaired) electrons. The first kappa shape index (κ1) is 12.4. The van der Waals surface area contributed by atoms with E-state index in [1.54, 1.807) is 6.92 Å². The summed E-state index contributed by atoms with van der Waals surface area (Å²) in [5.41, 5.74) is 0.476. The Morgan fingerprint density at radius 3 is 2.60 bits per heavy atom. The summed E-state index contributed by atoms with van der Waals surface area (Å²) in [5, 5.41) is 0. The zero-order valence-corrected chi connectivity index (χ0v) is 9.85. The number of rotatable bonds is 4. The van der Waals surface area contributed by atoms with Gasteiger partial charge in [-0.05, 0) is 6.92 Å². The highest BCUT2D eigenvalue weighted by Crippen LogP contribution is 2.04. The average Bonchev–Trinajstić information content (AvgIpc) is 2.22. The third kappa shape index (κ3) is 4.13. The number of hydrogen-bond acceptors (Lipinski definition) is 4. The van der Waals surface area contributed by atoms with Gasteiger partial charge >= 0.3 is 5.97 Å². The quantitative estimate of drug-likeness (QED) is 0.511. The van der Waals surface area contributed by atoms with Gasteiger partial charge in [-0.15, -0.1) is 0 Å². The minimum absolute atomic E-state index is 0.329. The van der Waals surface area contributed by atoms with Crippen molar-refractivity contribution in [1.29, 1.82) is 0 Å². The van der Waals surface area contributed by atoms with Crippen molar-refractivity contribution in [2.45, 2.75) is 6.92 Å². The second-order valence-corrected chi connectivity index (χ2v) is 5.14. The second-order valence-electron chi connectivity index (χ2n) is 3.45. The molecule has 0 N–H and O–H groups in total. The Morgan fingerprint density at radius 2 is 2.07 bits per heavy atom. The first-order chi connectivity index (χ1) is 7.13. The van der Waals surface area contributed by atoms with Crippen molar-refractivity contribution < 1.29 is 13.7 Å². The molecule has 0 amide bonds. The van der Waals surface area contributed by atoms with Crippen LogP contribution in [-0.4, -0.2) is 52.8 Å². The van der Waals surface area contributed by atoms with Crippen LogP contribution in [0.25, 0.3) is 0 Å². The molecule has 0 atom stereocenters. The van der Waals surface area contributed by atoms with Crippen molar-refractivity contribution in [2.24, 2.45) is 0 Å². The second kappa shape index (κ2) is 6.02. The van der Waals surface area contributed by atoms with Crippen LogP contribution in [0.1, 0.15) is 6.92 Å². The van der Waals surface area contributed by atoms with Crippen molar-refractivity contribution in [2.75, 3.05) is 37.7 Å².